The number of benzene rings is 1. The zero-order valence-electron chi connectivity index (χ0n) is 11.6. The van der Waals surface area contributed by atoms with Crippen molar-refractivity contribution in [1.82, 2.24) is 9.88 Å². The number of hydrogen-bond acceptors (Lipinski definition) is 4. The topological polar surface area (TPSA) is 59.5 Å². The first-order chi connectivity index (χ1) is 10.2. The molecule has 0 aliphatic carbocycles. The summed E-state index contributed by atoms with van der Waals surface area (Å²) < 4.78 is 4.64. The summed E-state index contributed by atoms with van der Waals surface area (Å²) in [5.41, 5.74) is 3.00. The van der Waals surface area contributed by atoms with Crippen molar-refractivity contribution in [3.8, 4) is 0 Å². The number of amides is 1. The van der Waals surface area contributed by atoms with Crippen molar-refractivity contribution in [2.75, 3.05) is 7.11 Å². The van der Waals surface area contributed by atoms with Gasteiger partial charge in [0.25, 0.3) is 5.91 Å². The van der Waals surface area contributed by atoms with Crippen LogP contribution in [0, 0.1) is 0 Å². The van der Waals surface area contributed by atoms with Crippen LogP contribution in [0.5, 0.6) is 0 Å². The molecule has 2 heterocycles. The van der Waals surface area contributed by atoms with Crippen molar-refractivity contribution in [3.05, 3.63) is 65.0 Å². The molecule has 21 heavy (non-hydrogen) atoms. The molecule has 5 nitrogen and oxygen atoms in total. The third-order valence-corrected chi connectivity index (χ3v) is 3.53. The molecule has 2 aromatic rings. The Morgan fingerprint density at radius 3 is 2.48 bits per heavy atom. The number of esters is 1. The minimum atomic E-state index is -0.410. The first kappa shape index (κ1) is 13.3. The molecule has 1 aromatic heterocycles. The van der Waals surface area contributed by atoms with Gasteiger partial charge in [-0.2, -0.15) is 0 Å². The highest BCUT2D eigenvalue weighted by molar-refractivity contribution is 5.96. The fraction of sp³-hybridized carbons (Fsp3) is 0.188. The number of rotatable bonds is 2. The lowest BCUT2D eigenvalue weighted by Gasteiger charge is -2.15. The predicted molar refractivity (Wildman–Crippen MR) is 75.6 cm³/mol. The highest BCUT2D eigenvalue weighted by Crippen LogP contribution is 2.22. The van der Waals surface area contributed by atoms with Gasteiger partial charge < -0.3 is 9.64 Å². The summed E-state index contributed by atoms with van der Waals surface area (Å²) in [6.45, 7) is 1.09. The van der Waals surface area contributed by atoms with Crippen LogP contribution in [0.25, 0.3) is 0 Å². The molecule has 3 rings (SSSR count). The number of carbonyl (C=O) groups excluding carboxylic acids is 2. The Bertz CT molecular complexity index is 670. The van der Waals surface area contributed by atoms with Crippen molar-refractivity contribution in [1.29, 1.82) is 0 Å². The lowest BCUT2D eigenvalue weighted by atomic mass is 10.1. The molecule has 0 atom stereocenters. The Morgan fingerprint density at radius 1 is 1.10 bits per heavy atom. The average molecular weight is 282 g/mol. The maximum atomic E-state index is 12.4. The summed E-state index contributed by atoms with van der Waals surface area (Å²) >= 11 is 0. The second kappa shape index (κ2) is 5.36. The third kappa shape index (κ3) is 2.50. The zero-order chi connectivity index (χ0) is 14.8. The molecule has 0 spiro atoms. The fourth-order valence-electron chi connectivity index (χ4n) is 2.39. The van der Waals surface area contributed by atoms with Crippen LogP contribution in [0.1, 0.15) is 32.0 Å². The monoisotopic (exact) mass is 282 g/mol. The van der Waals surface area contributed by atoms with Crippen LogP contribution in [0.3, 0.4) is 0 Å². The van der Waals surface area contributed by atoms with E-state index in [4.69, 9.17) is 0 Å². The largest absolute Gasteiger partial charge is 0.465 e. The Morgan fingerprint density at radius 2 is 1.81 bits per heavy atom. The van der Waals surface area contributed by atoms with Crippen LogP contribution < -0.4 is 0 Å². The zero-order valence-corrected chi connectivity index (χ0v) is 11.6. The van der Waals surface area contributed by atoms with Crippen molar-refractivity contribution in [2.45, 2.75) is 13.1 Å². The SMILES string of the molecule is COC(=O)c1ccc(C(=O)N2Cc3cccnc3C2)cc1. The molecule has 1 aliphatic heterocycles. The van der Waals surface area contributed by atoms with Crippen LogP contribution >= 0.6 is 0 Å². The molecule has 0 radical (unpaired) electrons. The number of fused-ring (bicyclic) bond motifs is 1. The van der Waals surface area contributed by atoms with Gasteiger partial charge in [0, 0.05) is 18.3 Å². The van der Waals surface area contributed by atoms with Crippen molar-refractivity contribution >= 4 is 11.9 Å². The van der Waals surface area contributed by atoms with Gasteiger partial charge in [0.2, 0.25) is 0 Å². The van der Waals surface area contributed by atoms with E-state index in [1.54, 1.807) is 35.4 Å². The predicted octanol–water partition coefficient (Wildman–Crippen LogP) is 2.02. The van der Waals surface area contributed by atoms with Gasteiger partial charge in [-0.25, -0.2) is 4.79 Å². The minimum absolute atomic E-state index is 0.0654. The number of nitrogens with zero attached hydrogens (tertiary/aromatic N) is 2. The first-order valence-corrected chi connectivity index (χ1v) is 6.59. The normalized spacial score (nSPS) is 12.9. The molecular formula is C16H14N2O3. The molecule has 5 heteroatoms. The second-order valence-electron chi connectivity index (χ2n) is 4.84. The van der Waals surface area contributed by atoms with E-state index in [0.29, 0.717) is 24.2 Å². The number of methoxy groups -OCH3 is 1. The van der Waals surface area contributed by atoms with Gasteiger partial charge in [0.05, 0.1) is 24.9 Å². The van der Waals surface area contributed by atoms with E-state index in [-0.39, 0.29) is 5.91 Å². The summed E-state index contributed by atoms with van der Waals surface area (Å²) in [6.07, 6.45) is 1.73. The summed E-state index contributed by atoms with van der Waals surface area (Å²) in [5, 5.41) is 0. The molecule has 0 fully saturated rings. The van der Waals surface area contributed by atoms with Crippen LogP contribution in [-0.2, 0) is 17.8 Å². The average Bonchev–Trinajstić information content (AvgIpc) is 2.97. The van der Waals surface area contributed by atoms with Crippen LogP contribution in [0.4, 0.5) is 0 Å². The van der Waals surface area contributed by atoms with Gasteiger partial charge >= 0.3 is 5.97 Å². The Labute approximate surface area is 122 Å². The number of ether oxygens (including phenoxy) is 1. The number of hydrogen-bond donors (Lipinski definition) is 0. The summed E-state index contributed by atoms with van der Waals surface area (Å²) in [5.74, 6) is -0.476. The Kier molecular flexibility index (Phi) is 3.39. The fourth-order valence-corrected chi connectivity index (χ4v) is 2.39. The molecule has 0 N–H and O–H groups in total. The molecule has 1 aromatic carbocycles. The first-order valence-electron chi connectivity index (χ1n) is 6.59. The Hall–Kier alpha value is -2.69. The molecule has 1 aliphatic rings. The minimum Gasteiger partial charge on any atom is -0.465 e. The van der Waals surface area contributed by atoms with E-state index >= 15 is 0 Å². The molecule has 0 saturated carbocycles. The molecule has 0 bridgehead atoms. The Balaban J connectivity index is 1.76. The smallest absolute Gasteiger partial charge is 0.337 e. The van der Waals surface area contributed by atoms with E-state index in [1.807, 2.05) is 12.1 Å². The van der Waals surface area contributed by atoms with Gasteiger partial charge in [-0.1, -0.05) is 6.07 Å². The maximum Gasteiger partial charge on any atom is 0.337 e. The van der Waals surface area contributed by atoms with E-state index in [9.17, 15) is 9.59 Å². The standard InChI is InChI=1S/C16H14N2O3/c1-21-16(20)12-6-4-11(5-7-12)15(19)18-9-13-3-2-8-17-14(13)10-18/h2-8H,9-10H2,1H3. The van der Waals surface area contributed by atoms with Crippen molar-refractivity contribution < 1.29 is 14.3 Å². The summed E-state index contributed by atoms with van der Waals surface area (Å²) in [4.78, 5) is 29.8. The van der Waals surface area contributed by atoms with Gasteiger partial charge in [-0.05, 0) is 35.9 Å². The maximum absolute atomic E-state index is 12.4. The van der Waals surface area contributed by atoms with Gasteiger partial charge in [0.1, 0.15) is 0 Å². The van der Waals surface area contributed by atoms with Gasteiger partial charge in [-0.3, -0.25) is 9.78 Å². The van der Waals surface area contributed by atoms with Gasteiger partial charge in [-0.15, -0.1) is 0 Å². The van der Waals surface area contributed by atoms with E-state index in [1.165, 1.54) is 7.11 Å². The van der Waals surface area contributed by atoms with Gasteiger partial charge in [0.15, 0.2) is 0 Å². The van der Waals surface area contributed by atoms with Crippen LogP contribution in [0.15, 0.2) is 42.6 Å². The summed E-state index contributed by atoms with van der Waals surface area (Å²) in [7, 11) is 1.33. The highest BCUT2D eigenvalue weighted by atomic mass is 16.5. The van der Waals surface area contributed by atoms with Crippen molar-refractivity contribution in [2.24, 2.45) is 0 Å². The number of aromatic nitrogens is 1. The van der Waals surface area contributed by atoms with E-state index in [2.05, 4.69) is 9.72 Å². The molecule has 0 saturated heterocycles. The molecule has 0 unspecified atom stereocenters. The number of carbonyl (C=O) groups is 2. The van der Waals surface area contributed by atoms with E-state index in [0.717, 1.165) is 11.3 Å². The molecule has 106 valence electrons. The van der Waals surface area contributed by atoms with Crippen LogP contribution in [-0.4, -0.2) is 28.9 Å². The molecular weight excluding hydrogens is 268 g/mol. The van der Waals surface area contributed by atoms with Crippen molar-refractivity contribution in [3.63, 3.8) is 0 Å². The quantitative estimate of drug-likeness (QED) is 0.791. The van der Waals surface area contributed by atoms with E-state index < -0.39 is 5.97 Å². The molecule has 1 amide bonds. The third-order valence-electron chi connectivity index (χ3n) is 3.53. The van der Waals surface area contributed by atoms with Crippen LogP contribution in [0.2, 0.25) is 0 Å². The lowest BCUT2D eigenvalue weighted by Crippen LogP contribution is -2.25. The second-order valence-corrected chi connectivity index (χ2v) is 4.84. The highest BCUT2D eigenvalue weighted by Gasteiger charge is 2.24. The number of pyridine rings is 1. The summed E-state index contributed by atoms with van der Waals surface area (Å²) in [6, 6.07) is 10.3. The lowest BCUT2D eigenvalue weighted by molar-refractivity contribution is 0.0599.